The third-order valence-electron chi connectivity index (χ3n) is 7.79. The standard InChI is InChI=1S/C30H40N2O3/c1-21(2)11-13-31-19-22-5-6-24-17-26(8-7-23(24)16-22)32-14-12-25-18-27(9-10-29(25)30(32)33)35-20-28-4-3-15-34-28/h5-6,9-10,16,18,21,26,28,31H,3-4,7-8,11-15,17,19-20H2,1-2H3/t26-,28-/m0/s1. The minimum absolute atomic E-state index is 0.177. The highest BCUT2D eigenvalue weighted by Crippen LogP contribution is 2.31. The molecule has 35 heavy (non-hydrogen) atoms. The van der Waals surface area contributed by atoms with Crippen molar-refractivity contribution in [1.29, 1.82) is 0 Å². The van der Waals surface area contributed by atoms with E-state index in [0.717, 1.165) is 87.6 Å². The Bertz CT molecular complexity index is 1030. The number of carbonyl (C=O) groups is 1. The molecule has 3 aliphatic rings. The van der Waals surface area contributed by atoms with Crippen molar-refractivity contribution < 1.29 is 14.3 Å². The van der Waals surface area contributed by atoms with Gasteiger partial charge in [-0.05, 0) is 97.9 Å². The Morgan fingerprint density at radius 1 is 1.09 bits per heavy atom. The Morgan fingerprint density at radius 2 is 2.00 bits per heavy atom. The topological polar surface area (TPSA) is 50.8 Å². The molecule has 5 nitrogen and oxygen atoms in total. The number of rotatable bonds is 9. The van der Waals surface area contributed by atoms with Crippen LogP contribution in [0.4, 0.5) is 0 Å². The lowest BCUT2D eigenvalue weighted by atomic mass is 9.85. The Hall–Kier alpha value is -2.37. The van der Waals surface area contributed by atoms with Gasteiger partial charge < -0.3 is 19.7 Å². The molecule has 0 spiro atoms. The second-order valence-electron chi connectivity index (χ2n) is 10.9. The van der Waals surface area contributed by atoms with Crippen LogP contribution in [0.1, 0.15) is 72.1 Å². The van der Waals surface area contributed by atoms with Gasteiger partial charge in [-0.2, -0.15) is 0 Å². The van der Waals surface area contributed by atoms with Crippen molar-refractivity contribution in [3.05, 3.63) is 64.2 Å². The minimum atomic E-state index is 0.177. The largest absolute Gasteiger partial charge is 0.491 e. The zero-order valence-electron chi connectivity index (χ0n) is 21.4. The molecule has 0 aromatic heterocycles. The number of hydrogen-bond acceptors (Lipinski definition) is 4. The van der Waals surface area contributed by atoms with E-state index in [9.17, 15) is 4.79 Å². The van der Waals surface area contributed by atoms with Gasteiger partial charge in [-0.25, -0.2) is 0 Å². The molecule has 188 valence electrons. The number of aryl methyl sites for hydroxylation is 1. The van der Waals surface area contributed by atoms with E-state index in [0.29, 0.717) is 6.61 Å². The number of benzene rings is 2. The van der Waals surface area contributed by atoms with Crippen LogP contribution in [0.5, 0.6) is 5.75 Å². The van der Waals surface area contributed by atoms with Gasteiger partial charge in [0.15, 0.2) is 0 Å². The number of nitrogens with one attached hydrogen (secondary N) is 1. The molecule has 0 unspecified atom stereocenters. The van der Waals surface area contributed by atoms with Crippen molar-refractivity contribution in [3.63, 3.8) is 0 Å². The van der Waals surface area contributed by atoms with Crippen LogP contribution in [0, 0.1) is 5.92 Å². The summed E-state index contributed by atoms with van der Waals surface area (Å²) >= 11 is 0. The fourth-order valence-corrected chi connectivity index (χ4v) is 5.67. The second-order valence-corrected chi connectivity index (χ2v) is 10.9. The molecule has 0 bridgehead atoms. The first-order chi connectivity index (χ1) is 17.1. The van der Waals surface area contributed by atoms with Gasteiger partial charge in [-0.15, -0.1) is 0 Å². The first-order valence-corrected chi connectivity index (χ1v) is 13.6. The Kier molecular flexibility index (Phi) is 7.74. The summed E-state index contributed by atoms with van der Waals surface area (Å²) in [5.41, 5.74) is 6.19. The fourth-order valence-electron chi connectivity index (χ4n) is 5.67. The van der Waals surface area contributed by atoms with Crippen LogP contribution >= 0.6 is 0 Å². The maximum absolute atomic E-state index is 13.4. The minimum Gasteiger partial charge on any atom is -0.491 e. The fraction of sp³-hybridized carbons (Fsp3) is 0.567. The Balaban J connectivity index is 1.18. The summed E-state index contributed by atoms with van der Waals surface area (Å²) in [6.07, 6.45) is 7.54. The number of amides is 1. The molecule has 0 radical (unpaired) electrons. The molecule has 5 heteroatoms. The lowest BCUT2D eigenvalue weighted by Gasteiger charge is -2.38. The molecule has 5 rings (SSSR count). The molecule has 2 aromatic rings. The molecule has 0 saturated carbocycles. The number of ether oxygens (including phenoxy) is 2. The monoisotopic (exact) mass is 476 g/mol. The normalized spacial score (nSPS) is 21.8. The number of carbonyl (C=O) groups excluding carboxylic acids is 1. The predicted molar refractivity (Wildman–Crippen MR) is 139 cm³/mol. The van der Waals surface area contributed by atoms with Gasteiger partial charge in [0, 0.05) is 31.3 Å². The Labute approximate surface area is 210 Å². The molecule has 1 saturated heterocycles. The van der Waals surface area contributed by atoms with Crippen molar-refractivity contribution in [1.82, 2.24) is 10.2 Å². The highest BCUT2D eigenvalue weighted by molar-refractivity contribution is 5.97. The molecule has 1 N–H and O–H groups in total. The van der Waals surface area contributed by atoms with Crippen LogP contribution in [0.2, 0.25) is 0 Å². The smallest absolute Gasteiger partial charge is 0.254 e. The average molecular weight is 477 g/mol. The summed E-state index contributed by atoms with van der Waals surface area (Å²) in [7, 11) is 0. The van der Waals surface area contributed by atoms with Gasteiger partial charge in [0.1, 0.15) is 12.4 Å². The highest BCUT2D eigenvalue weighted by atomic mass is 16.5. The summed E-state index contributed by atoms with van der Waals surface area (Å²) in [5.74, 6) is 1.76. The van der Waals surface area contributed by atoms with E-state index in [2.05, 4.69) is 48.3 Å². The van der Waals surface area contributed by atoms with Crippen molar-refractivity contribution in [3.8, 4) is 5.75 Å². The van der Waals surface area contributed by atoms with Crippen molar-refractivity contribution >= 4 is 5.91 Å². The quantitative estimate of drug-likeness (QED) is 0.521. The van der Waals surface area contributed by atoms with Gasteiger partial charge >= 0.3 is 0 Å². The molecule has 2 aromatic carbocycles. The number of nitrogens with zero attached hydrogens (tertiary/aromatic N) is 1. The lowest BCUT2D eigenvalue weighted by Crippen LogP contribution is -2.47. The summed E-state index contributed by atoms with van der Waals surface area (Å²) in [5, 5.41) is 3.57. The van der Waals surface area contributed by atoms with Crippen LogP contribution in [0.3, 0.4) is 0 Å². The summed E-state index contributed by atoms with van der Waals surface area (Å²) in [6.45, 7) is 8.76. The first-order valence-electron chi connectivity index (χ1n) is 13.6. The van der Waals surface area contributed by atoms with Crippen LogP contribution < -0.4 is 10.1 Å². The van der Waals surface area contributed by atoms with E-state index < -0.39 is 0 Å². The SMILES string of the molecule is CC(C)CCNCc1ccc2c(c1)CC[C@H](N1CCc3cc(OC[C@@H]4CCCO4)ccc3C1=O)C2. The summed E-state index contributed by atoms with van der Waals surface area (Å²) in [4.78, 5) is 15.5. The van der Waals surface area contributed by atoms with Gasteiger partial charge in [0.25, 0.3) is 5.91 Å². The number of fused-ring (bicyclic) bond motifs is 2. The van der Waals surface area contributed by atoms with Crippen LogP contribution in [-0.2, 0) is 30.5 Å². The average Bonchev–Trinajstić information content (AvgIpc) is 3.39. The van der Waals surface area contributed by atoms with E-state index in [1.807, 2.05) is 12.1 Å². The van der Waals surface area contributed by atoms with Gasteiger partial charge in [0.2, 0.25) is 0 Å². The molecule has 2 heterocycles. The van der Waals surface area contributed by atoms with Crippen LogP contribution in [0.25, 0.3) is 0 Å². The maximum atomic E-state index is 13.4. The van der Waals surface area contributed by atoms with E-state index in [-0.39, 0.29) is 18.1 Å². The molecule has 1 aliphatic carbocycles. The summed E-state index contributed by atoms with van der Waals surface area (Å²) in [6, 6.07) is 13.2. The maximum Gasteiger partial charge on any atom is 0.254 e. The van der Waals surface area contributed by atoms with Gasteiger partial charge in [-0.1, -0.05) is 32.0 Å². The molecule has 2 atom stereocenters. The number of hydrogen-bond donors (Lipinski definition) is 1. The summed E-state index contributed by atoms with van der Waals surface area (Å²) < 4.78 is 11.6. The van der Waals surface area contributed by atoms with Gasteiger partial charge in [0.05, 0.1) is 6.10 Å². The lowest BCUT2D eigenvalue weighted by molar-refractivity contribution is 0.0638. The van der Waals surface area contributed by atoms with Crippen LogP contribution in [0.15, 0.2) is 36.4 Å². The second kappa shape index (κ2) is 11.1. The highest BCUT2D eigenvalue weighted by Gasteiger charge is 2.32. The molecule has 1 amide bonds. The zero-order valence-corrected chi connectivity index (χ0v) is 21.4. The van der Waals surface area contributed by atoms with E-state index in [1.165, 1.54) is 23.1 Å². The zero-order chi connectivity index (χ0) is 24.2. The van der Waals surface area contributed by atoms with Crippen molar-refractivity contribution in [2.45, 2.75) is 77.5 Å². The van der Waals surface area contributed by atoms with E-state index in [4.69, 9.17) is 9.47 Å². The molecule has 2 aliphatic heterocycles. The van der Waals surface area contributed by atoms with Crippen LogP contribution in [-0.4, -0.2) is 49.3 Å². The Morgan fingerprint density at radius 3 is 2.83 bits per heavy atom. The molecular weight excluding hydrogens is 436 g/mol. The van der Waals surface area contributed by atoms with Gasteiger partial charge in [-0.3, -0.25) is 4.79 Å². The third-order valence-corrected chi connectivity index (χ3v) is 7.79. The first kappa shape index (κ1) is 24.3. The van der Waals surface area contributed by atoms with Crippen molar-refractivity contribution in [2.75, 3.05) is 26.3 Å². The predicted octanol–water partition coefficient (Wildman–Crippen LogP) is 4.94. The third kappa shape index (κ3) is 5.90. The molecule has 1 fully saturated rings. The van der Waals surface area contributed by atoms with E-state index >= 15 is 0 Å². The van der Waals surface area contributed by atoms with E-state index in [1.54, 1.807) is 0 Å². The molecular formula is C30H40N2O3. The van der Waals surface area contributed by atoms with Crippen molar-refractivity contribution in [2.24, 2.45) is 5.92 Å².